The molecule has 0 saturated carbocycles. The molecule has 0 aromatic heterocycles. The number of nitrogens with two attached hydrogens (primary N) is 1. The van der Waals surface area contributed by atoms with E-state index in [1.54, 1.807) is 12.1 Å². The molecular formula is C17H20N2O. The van der Waals surface area contributed by atoms with E-state index in [2.05, 4.69) is 31.3 Å². The van der Waals surface area contributed by atoms with Crippen LogP contribution >= 0.6 is 0 Å². The summed E-state index contributed by atoms with van der Waals surface area (Å²) in [5.41, 5.74) is 10.1. The molecule has 0 spiro atoms. The molecule has 0 bridgehead atoms. The first-order chi connectivity index (χ1) is 9.47. The summed E-state index contributed by atoms with van der Waals surface area (Å²) in [6.07, 6.45) is 0. The lowest BCUT2D eigenvalue weighted by atomic mass is 10.0. The Bertz CT molecular complexity index is 615. The molecule has 20 heavy (non-hydrogen) atoms. The van der Waals surface area contributed by atoms with Gasteiger partial charge in [0.05, 0.1) is 0 Å². The second-order valence-electron chi connectivity index (χ2n) is 5.26. The van der Waals surface area contributed by atoms with Crippen LogP contribution in [-0.2, 0) is 0 Å². The third-order valence-corrected chi connectivity index (χ3v) is 3.30. The predicted molar refractivity (Wildman–Crippen MR) is 84.7 cm³/mol. The zero-order chi connectivity index (χ0) is 14.7. The van der Waals surface area contributed by atoms with Crippen LogP contribution in [0.25, 0.3) is 0 Å². The van der Waals surface area contributed by atoms with Gasteiger partial charge in [0.25, 0.3) is 0 Å². The fourth-order valence-electron chi connectivity index (χ4n) is 2.08. The van der Waals surface area contributed by atoms with Crippen LogP contribution in [0.1, 0.15) is 42.6 Å². The lowest BCUT2D eigenvalue weighted by molar-refractivity contribution is 0.101. The molecule has 3 nitrogen and oxygen atoms in total. The van der Waals surface area contributed by atoms with E-state index in [1.807, 2.05) is 18.2 Å². The Morgan fingerprint density at radius 3 is 2.15 bits per heavy atom. The van der Waals surface area contributed by atoms with Gasteiger partial charge in [-0.3, -0.25) is 4.79 Å². The van der Waals surface area contributed by atoms with Crippen LogP contribution in [0.5, 0.6) is 0 Å². The summed E-state index contributed by atoms with van der Waals surface area (Å²) in [6.45, 7) is 5.86. The molecule has 0 atom stereocenters. The molecule has 0 aliphatic carbocycles. The van der Waals surface area contributed by atoms with Crippen molar-refractivity contribution in [1.29, 1.82) is 0 Å². The summed E-state index contributed by atoms with van der Waals surface area (Å²) in [5.74, 6) is 0.505. The van der Waals surface area contributed by atoms with Crippen LogP contribution in [0, 0.1) is 0 Å². The molecule has 0 aliphatic heterocycles. The van der Waals surface area contributed by atoms with E-state index in [4.69, 9.17) is 5.73 Å². The van der Waals surface area contributed by atoms with E-state index in [0.717, 1.165) is 11.4 Å². The Kier molecular flexibility index (Phi) is 4.08. The smallest absolute Gasteiger partial charge is 0.161 e. The maximum Gasteiger partial charge on any atom is 0.161 e. The van der Waals surface area contributed by atoms with E-state index >= 15 is 0 Å². The van der Waals surface area contributed by atoms with Crippen molar-refractivity contribution in [2.45, 2.75) is 26.7 Å². The molecule has 0 saturated heterocycles. The van der Waals surface area contributed by atoms with Crippen LogP contribution in [0.15, 0.2) is 42.5 Å². The monoisotopic (exact) mass is 268 g/mol. The molecule has 104 valence electrons. The highest BCUT2D eigenvalue weighted by atomic mass is 16.1. The van der Waals surface area contributed by atoms with Crippen molar-refractivity contribution < 1.29 is 4.79 Å². The number of rotatable bonds is 4. The van der Waals surface area contributed by atoms with Gasteiger partial charge >= 0.3 is 0 Å². The number of anilines is 3. The highest BCUT2D eigenvalue weighted by molar-refractivity contribution is 5.99. The Balaban J connectivity index is 2.17. The second kappa shape index (κ2) is 5.78. The van der Waals surface area contributed by atoms with E-state index < -0.39 is 0 Å². The molecule has 0 unspecified atom stereocenters. The van der Waals surface area contributed by atoms with Gasteiger partial charge in [0.15, 0.2) is 5.78 Å². The molecule has 0 aliphatic rings. The quantitative estimate of drug-likeness (QED) is 0.640. The Morgan fingerprint density at radius 1 is 1.05 bits per heavy atom. The first-order valence-corrected chi connectivity index (χ1v) is 6.75. The summed E-state index contributed by atoms with van der Waals surface area (Å²) < 4.78 is 0. The molecule has 0 fully saturated rings. The van der Waals surface area contributed by atoms with E-state index in [-0.39, 0.29) is 5.78 Å². The lowest BCUT2D eigenvalue weighted by Crippen LogP contribution is -2.00. The Labute approximate surface area is 119 Å². The van der Waals surface area contributed by atoms with E-state index in [9.17, 15) is 4.79 Å². The number of carbonyl (C=O) groups excluding carboxylic acids is 1. The van der Waals surface area contributed by atoms with Gasteiger partial charge in [-0.2, -0.15) is 0 Å². The normalized spacial score (nSPS) is 10.6. The minimum Gasteiger partial charge on any atom is -0.398 e. The van der Waals surface area contributed by atoms with Crippen LogP contribution < -0.4 is 11.1 Å². The average Bonchev–Trinajstić information content (AvgIpc) is 2.39. The van der Waals surface area contributed by atoms with Gasteiger partial charge in [0, 0.05) is 22.6 Å². The van der Waals surface area contributed by atoms with Crippen molar-refractivity contribution in [2.24, 2.45) is 0 Å². The minimum atomic E-state index is -0.0182. The maximum atomic E-state index is 11.3. The first kappa shape index (κ1) is 14.1. The van der Waals surface area contributed by atoms with Crippen molar-refractivity contribution in [3.05, 3.63) is 53.6 Å². The number of nitrogens with one attached hydrogen (secondary N) is 1. The van der Waals surface area contributed by atoms with Gasteiger partial charge in [-0.1, -0.05) is 26.0 Å². The van der Waals surface area contributed by atoms with Gasteiger partial charge in [0.2, 0.25) is 0 Å². The molecule has 2 aromatic rings. The maximum absolute atomic E-state index is 11.3. The fraction of sp³-hybridized carbons (Fsp3) is 0.235. The molecule has 2 rings (SSSR count). The number of hydrogen-bond acceptors (Lipinski definition) is 3. The van der Waals surface area contributed by atoms with Crippen molar-refractivity contribution in [2.75, 3.05) is 11.1 Å². The Hall–Kier alpha value is -2.29. The molecule has 0 heterocycles. The SMILES string of the molecule is CC(=O)c1ccc(Nc2ccc(C(C)C)cc2)cc1N. The van der Waals surface area contributed by atoms with Crippen molar-refractivity contribution in [1.82, 2.24) is 0 Å². The fourth-order valence-corrected chi connectivity index (χ4v) is 2.08. The summed E-state index contributed by atoms with van der Waals surface area (Å²) in [5, 5.41) is 3.29. The van der Waals surface area contributed by atoms with Crippen LogP contribution in [0.4, 0.5) is 17.1 Å². The summed E-state index contributed by atoms with van der Waals surface area (Å²) in [4.78, 5) is 11.3. The highest BCUT2D eigenvalue weighted by Gasteiger charge is 2.05. The standard InChI is InChI=1S/C17H20N2O/c1-11(2)13-4-6-14(7-5-13)19-15-8-9-16(12(3)20)17(18)10-15/h4-11,19H,18H2,1-3H3. The number of ketones is 1. The van der Waals surface area contributed by atoms with Gasteiger partial charge < -0.3 is 11.1 Å². The Morgan fingerprint density at radius 2 is 1.65 bits per heavy atom. The van der Waals surface area contributed by atoms with Crippen molar-refractivity contribution >= 4 is 22.8 Å². The van der Waals surface area contributed by atoms with Gasteiger partial charge in [-0.15, -0.1) is 0 Å². The lowest BCUT2D eigenvalue weighted by Gasteiger charge is -2.11. The third kappa shape index (κ3) is 3.18. The topological polar surface area (TPSA) is 55.1 Å². The van der Waals surface area contributed by atoms with Crippen LogP contribution in [0.2, 0.25) is 0 Å². The van der Waals surface area contributed by atoms with Crippen molar-refractivity contribution in [3.63, 3.8) is 0 Å². The van der Waals surface area contributed by atoms with Gasteiger partial charge in [0.1, 0.15) is 0 Å². The number of Topliss-reactive ketones (excluding diaryl/α,β-unsaturated/α-hetero) is 1. The zero-order valence-electron chi connectivity index (χ0n) is 12.1. The number of hydrogen-bond donors (Lipinski definition) is 2. The van der Waals surface area contributed by atoms with Crippen LogP contribution in [-0.4, -0.2) is 5.78 Å². The average molecular weight is 268 g/mol. The number of nitrogen functional groups attached to an aromatic ring is 1. The third-order valence-electron chi connectivity index (χ3n) is 3.30. The number of benzene rings is 2. The molecular weight excluding hydrogens is 248 g/mol. The predicted octanol–water partition coefficient (Wildman–Crippen LogP) is 4.34. The summed E-state index contributed by atoms with van der Waals surface area (Å²) in [6, 6.07) is 13.7. The minimum absolute atomic E-state index is 0.0182. The molecule has 3 heteroatoms. The van der Waals surface area contributed by atoms with E-state index in [0.29, 0.717) is 17.2 Å². The summed E-state index contributed by atoms with van der Waals surface area (Å²) >= 11 is 0. The molecule has 0 radical (unpaired) electrons. The largest absolute Gasteiger partial charge is 0.398 e. The summed E-state index contributed by atoms with van der Waals surface area (Å²) in [7, 11) is 0. The first-order valence-electron chi connectivity index (χ1n) is 6.75. The van der Waals surface area contributed by atoms with Gasteiger partial charge in [-0.05, 0) is 48.7 Å². The molecule has 3 N–H and O–H groups in total. The van der Waals surface area contributed by atoms with E-state index in [1.165, 1.54) is 12.5 Å². The highest BCUT2D eigenvalue weighted by Crippen LogP contribution is 2.23. The second-order valence-corrected chi connectivity index (χ2v) is 5.26. The number of carbonyl (C=O) groups is 1. The molecule has 0 amide bonds. The van der Waals surface area contributed by atoms with Gasteiger partial charge in [-0.25, -0.2) is 0 Å². The van der Waals surface area contributed by atoms with Crippen molar-refractivity contribution in [3.8, 4) is 0 Å². The van der Waals surface area contributed by atoms with Crippen LogP contribution in [0.3, 0.4) is 0 Å². The molecule has 2 aromatic carbocycles. The zero-order valence-corrected chi connectivity index (χ0v) is 12.1.